The molecule has 0 bridgehead atoms. The average molecular weight is 260 g/mol. The van der Waals surface area contributed by atoms with Gasteiger partial charge in [-0.25, -0.2) is 4.79 Å². The summed E-state index contributed by atoms with van der Waals surface area (Å²) < 4.78 is 4.71. The van der Waals surface area contributed by atoms with Gasteiger partial charge >= 0.3 is 5.97 Å². The highest BCUT2D eigenvalue weighted by Crippen LogP contribution is 2.45. The maximum absolute atomic E-state index is 11.3. The predicted molar refractivity (Wildman–Crippen MR) is 77.5 cm³/mol. The van der Waals surface area contributed by atoms with Crippen LogP contribution in [0.4, 0.5) is 0 Å². The van der Waals surface area contributed by atoms with Crippen molar-refractivity contribution < 1.29 is 9.53 Å². The lowest BCUT2D eigenvalue weighted by Gasteiger charge is -2.33. The van der Waals surface area contributed by atoms with Crippen molar-refractivity contribution in [3.8, 4) is 0 Å². The summed E-state index contributed by atoms with van der Waals surface area (Å²) in [6.45, 7) is 2.15. The number of esters is 1. The molecule has 0 spiro atoms. The summed E-state index contributed by atoms with van der Waals surface area (Å²) in [5, 5.41) is 0. The van der Waals surface area contributed by atoms with E-state index in [-0.39, 0.29) is 5.97 Å². The smallest absolute Gasteiger partial charge is 0.330 e. The van der Waals surface area contributed by atoms with Gasteiger partial charge in [-0.2, -0.15) is 0 Å². The van der Waals surface area contributed by atoms with Crippen LogP contribution in [0, 0.1) is 23.7 Å². The first-order valence-electron chi connectivity index (χ1n) is 7.37. The van der Waals surface area contributed by atoms with E-state index in [1.54, 1.807) is 6.08 Å². The average Bonchev–Trinajstić information content (AvgIpc) is 2.91. The second kappa shape index (κ2) is 6.74. The number of hydrogen-bond donors (Lipinski definition) is 0. The molecule has 1 saturated carbocycles. The van der Waals surface area contributed by atoms with Gasteiger partial charge in [-0.1, -0.05) is 43.7 Å². The van der Waals surface area contributed by atoms with Gasteiger partial charge in [-0.05, 0) is 37.0 Å². The zero-order valence-corrected chi connectivity index (χ0v) is 11.9. The Balaban J connectivity index is 2.16. The van der Waals surface area contributed by atoms with Gasteiger partial charge in [0.15, 0.2) is 0 Å². The van der Waals surface area contributed by atoms with E-state index in [0.29, 0.717) is 23.7 Å². The Bertz CT molecular complexity index is 392. The summed E-state index contributed by atoms with van der Waals surface area (Å²) in [6, 6.07) is 0. The first-order valence-corrected chi connectivity index (χ1v) is 7.37. The number of carbonyl (C=O) groups excluding carboxylic acids is 1. The van der Waals surface area contributed by atoms with Gasteiger partial charge in [0.1, 0.15) is 0 Å². The van der Waals surface area contributed by atoms with Crippen molar-refractivity contribution in [3.05, 3.63) is 36.5 Å². The standard InChI is InChI=1S/C17H24O2/c1-3-4-6-13-9-10-14-7-5-8-15(14)16(13)11-12-17(18)19-2/h4,6,9-16H,3,5,7-8H2,1-2H3/b6-4+,12-11+/t13-,14+,15-,16-/m1/s1. The van der Waals surface area contributed by atoms with Crippen LogP contribution in [0.5, 0.6) is 0 Å². The lowest BCUT2D eigenvalue weighted by molar-refractivity contribution is -0.134. The summed E-state index contributed by atoms with van der Waals surface area (Å²) in [6.07, 6.45) is 17.9. The summed E-state index contributed by atoms with van der Waals surface area (Å²) in [7, 11) is 1.43. The Morgan fingerprint density at radius 2 is 2.16 bits per heavy atom. The maximum Gasteiger partial charge on any atom is 0.330 e. The summed E-state index contributed by atoms with van der Waals surface area (Å²) in [4.78, 5) is 11.3. The number of rotatable bonds is 4. The summed E-state index contributed by atoms with van der Waals surface area (Å²) in [5.74, 6) is 2.03. The zero-order valence-electron chi connectivity index (χ0n) is 11.9. The van der Waals surface area contributed by atoms with Gasteiger partial charge in [-0.15, -0.1) is 0 Å². The molecule has 0 heterocycles. The number of allylic oxidation sites excluding steroid dienone is 5. The Labute approximate surface area is 116 Å². The molecule has 0 aromatic rings. The van der Waals surface area contributed by atoms with E-state index in [1.807, 2.05) is 0 Å². The number of fused-ring (bicyclic) bond motifs is 1. The van der Waals surface area contributed by atoms with Crippen molar-refractivity contribution in [2.45, 2.75) is 32.6 Å². The Morgan fingerprint density at radius 1 is 1.32 bits per heavy atom. The third kappa shape index (κ3) is 3.37. The SMILES string of the molecule is CC/C=C/[C@@H]1C=C[C@@H]2CCC[C@H]2[C@@H]1/C=C/C(=O)OC. The molecule has 2 nitrogen and oxygen atoms in total. The van der Waals surface area contributed by atoms with Crippen molar-refractivity contribution in [3.63, 3.8) is 0 Å². The molecule has 4 atom stereocenters. The van der Waals surface area contributed by atoms with Gasteiger partial charge in [0, 0.05) is 12.0 Å². The van der Waals surface area contributed by atoms with E-state index in [9.17, 15) is 4.79 Å². The molecule has 0 radical (unpaired) electrons. The van der Waals surface area contributed by atoms with Gasteiger partial charge in [0.25, 0.3) is 0 Å². The predicted octanol–water partition coefficient (Wildman–Crippen LogP) is 3.90. The minimum absolute atomic E-state index is 0.248. The Morgan fingerprint density at radius 3 is 2.89 bits per heavy atom. The number of carbonyl (C=O) groups is 1. The van der Waals surface area contributed by atoms with E-state index in [4.69, 9.17) is 4.74 Å². The van der Waals surface area contributed by atoms with Crippen LogP contribution in [-0.4, -0.2) is 13.1 Å². The number of hydrogen-bond acceptors (Lipinski definition) is 2. The van der Waals surface area contributed by atoms with Crippen LogP contribution in [-0.2, 0) is 9.53 Å². The highest BCUT2D eigenvalue weighted by molar-refractivity contribution is 5.81. The molecular weight excluding hydrogens is 236 g/mol. The molecule has 0 aromatic carbocycles. The number of methoxy groups -OCH3 is 1. The summed E-state index contributed by atoms with van der Waals surface area (Å²) in [5.41, 5.74) is 0. The Hall–Kier alpha value is -1.31. The highest BCUT2D eigenvalue weighted by atomic mass is 16.5. The third-order valence-corrected chi connectivity index (χ3v) is 4.39. The van der Waals surface area contributed by atoms with Crippen molar-refractivity contribution in [1.82, 2.24) is 0 Å². The molecule has 1 fully saturated rings. The fraction of sp³-hybridized carbons (Fsp3) is 0.588. The Kier molecular flexibility index (Phi) is 5.00. The van der Waals surface area contributed by atoms with Gasteiger partial charge in [-0.3, -0.25) is 0 Å². The molecule has 0 aromatic heterocycles. The fourth-order valence-electron chi connectivity index (χ4n) is 3.43. The van der Waals surface area contributed by atoms with Crippen molar-refractivity contribution >= 4 is 5.97 Å². The highest BCUT2D eigenvalue weighted by Gasteiger charge is 2.36. The van der Waals surface area contributed by atoms with E-state index in [0.717, 1.165) is 6.42 Å². The largest absolute Gasteiger partial charge is 0.466 e. The van der Waals surface area contributed by atoms with Gasteiger partial charge in [0.05, 0.1) is 7.11 Å². The zero-order chi connectivity index (χ0) is 13.7. The van der Waals surface area contributed by atoms with Crippen LogP contribution >= 0.6 is 0 Å². The summed E-state index contributed by atoms with van der Waals surface area (Å²) >= 11 is 0. The molecule has 2 heteroatoms. The topological polar surface area (TPSA) is 26.3 Å². The van der Waals surface area contributed by atoms with Crippen LogP contribution in [0.1, 0.15) is 32.6 Å². The normalized spacial score (nSPS) is 34.0. The molecule has 19 heavy (non-hydrogen) atoms. The molecule has 104 valence electrons. The maximum atomic E-state index is 11.3. The van der Waals surface area contributed by atoms with E-state index < -0.39 is 0 Å². The molecule has 2 aliphatic carbocycles. The van der Waals surface area contributed by atoms with Crippen molar-refractivity contribution in [2.75, 3.05) is 7.11 Å². The van der Waals surface area contributed by atoms with Gasteiger partial charge in [0.2, 0.25) is 0 Å². The molecule has 0 saturated heterocycles. The molecule has 0 N–H and O–H groups in total. The van der Waals surface area contributed by atoms with Crippen molar-refractivity contribution in [1.29, 1.82) is 0 Å². The minimum atomic E-state index is -0.248. The molecule has 2 aliphatic rings. The monoisotopic (exact) mass is 260 g/mol. The van der Waals surface area contributed by atoms with Crippen LogP contribution < -0.4 is 0 Å². The van der Waals surface area contributed by atoms with Crippen LogP contribution in [0.3, 0.4) is 0 Å². The van der Waals surface area contributed by atoms with E-state index in [1.165, 1.54) is 26.4 Å². The van der Waals surface area contributed by atoms with Crippen LogP contribution in [0.25, 0.3) is 0 Å². The second-order valence-corrected chi connectivity index (χ2v) is 5.52. The minimum Gasteiger partial charge on any atom is -0.466 e. The number of ether oxygens (including phenoxy) is 1. The fourth-order valence-corrected chi connectivity index (χ4v) is 3.43. The third-order valence-electron chi connectivity index (χ3n) is 4.39. The molecular formula is C17H24O2. The lowest BCUT2D eigenvalue weighted by Crippen LogP contribution is -2.26. The molecule has 0 aliphatic heterocycles. The molecule has 2 rings (SSSR count). The lowest BCUT2D eigenvalue weighted by atomic mass is 9.71. The molecule has 0 amide bonds. The molecule has 0 unspecified atom stereocenters. The second-order valence-electron chi connectivity index (χ2n) is 5.52. The van der Waals surface area contributed by atoms with Crippen LogP contribution in [0.2, 0.25) is 0 Å². The first kappa shape index (κ1) is 14.1. The van der Waals surface area contributed by atoms with Gasteiger partial charge < -0.3 is 4.74 Å². The first-order chi connectivity index (χ1) is 9.26. The van der Waals surface area contributed by atoms with E-state index >= 15 is 0 Å². The van der Waals surface area contributed by atoms with Crippen LogP contribution in [0.15, 0.2) is 36.5 Å². The van der Waals surface area contributed by atoms with Crippen molar-refractivity contribution in [2.24, 2.45) is 23.7 Å². The quantitative estimate of drug-likeness (QED) is 0.435. The van der Waals surface area contributed by atoms with E-state index in [2.05, 4.69) is 37.3 Å².